The summed E-state index contributed by atoms with van der Waals surface area (Å²) in [6.45, 7) is 1.36. The van der Waals surface area contributed by atoms with Gasteiger partial charge in [0.25, 0.3) is 0 Å². The summed E-state index contributed by atoms with van der Waals surface area (Å²) in [6, 6.07) is 13.1. The largest absolute Gasteiger partial charge is 0.416 e. The maximum atomic E-state index is 12.6. The molecule has 104 valence electrons. The molecule has 20 heavy (non-hydrogen) atoms. The van der Waals surface area contributed by atoms with Crippen molar-refractivity contribution in [3.05, 3.63) is 59.7 Å². The van der Waals surface area contributed by atoms with E-state index in [1.54, 1.807) is 0 Å². The van der Waals surface area contributed by atoms with Gasteiger partial charge in [-0.15, -0.1) is 0 Å². The highest BCUT2D eigenvalue weighted by Gasteiger charge is 2.30. The second-order valence-corrected chi connectivity index (χ2v) is 4.69. The molecule has 1 N–H and O–H groups in total. The fourth-order valence-electron chi connectivity index (χ4n) is 2.37. The highest BCUT2D eigenvalue weighted by Crippen LogP contribution is 2.34. The van der Waals surface area contributed by atoms with Crippen LogP contribution in [0.15, 0.2) is 48.5 Å². The van der Waals surface area contributed by atoms with Crippen molar-refractivity contribution in [3.63, 3.8) is 0 Å². The molecule has 0 fully saturated rings. The molecule has 0 unspecified atom stereocenters. The zero-order valence-electron chi connectivity index (χ0n) is 10.6. The van der Waals surface area contributed by atoms with Crippen molar-refractivity contribution in [2.45, 2.75) is 12.7 Å². The Balaban J connectivity index is 1.95. The van der Waals surface area contributed by atoms with Crippen molar-refractivity contribution in [2.75, 3.05) is 11.6 Å². The van der Waals surface area contributed by atoms with E-state index in [9.17, 15) is 13.2 Å². The van der Waals surface area contributed by atoms with Gasteiger partial charge in [0.1, 0.15) is 0 Å². The van der Waals surface area contributed by atoms with Gasteiger partial charge in [-0.2, -0.15) is 13.2 Å². The number of hydrogen-bond donors (Lipinski definition) is 1. The number of alkyl halides is 3. The molecule has 0 saturated carbocycles. The van der Waals surface area contributed by atoms with E-state index in [1.165, 1.54) is 12.1 Å². The summed E-state index contributed by atoms with van der Waals surface area (Å²) in [7, 11) is 0. The molecule has 1 heterocycles. The lowest BCUT2D eigenvalue weighted by atomic mass is 10.1. The lowest BCUT2D eigenvalue weighted by Crippen LogP contribution is -2.35. The molecule has 2 nitrogen and oxygen atoms in total. The van der Waals surface area contributed by atoms with Crippen LogP contribution in [-0.2, 0) is 12.7 Å². The Labute approximate surface area is 114 Å². The Morgan fingerprint density at radius 3 is 2.35 bits per heavy atom. The summed E-state index contributed by atoms with van der Waals surface area (Å²) >= 11 is 0. The minimum absolute atomic E-state index is 0.586. The summed E-state index contributed by atoms with van der Waals surface area (Å²) in [5.74, 6) is 0. The third kappa shape index (κ3) is 2.36. The van der Waals surface area contributed by atoms with Crippen LogP contribution in [0.1, 0.15) is 11.1 Å². The van der Waals surface area contributed by atoms with Crippen LogP contribution in [0, 0.1) is 0 Å². The second kappa shape index (κ2) is 4.83. The van der Waals surface area contributed by atoms with Gasteiger partial charge in [-0.1, -0.05) is 18.2 Å². The molecule has 1 aliphatic rings. The highest BCUT2D eigenvalue weighted by atomic mass is 19.4. The number of para-hydroxylation sites is 1. The summed E-state index contributed by atoms with van der Waals surface area (Å²) in [6.07, 6.45) is -4.30. The van der Waals surface area contributed by atoms with Gasteiger partial charge in [0.05, 0.1) is 12.2 Å². The first-order valence-electron chi connectivity index (χ1n) is 6.29. The van der Waals surface area contributed by atoms with Crippen LogP contribution in [-0.4, -0.2) is 6.67 Å². The second-order valence-electron chi connectivity index (χ2n) is 4.69. The zero-order valence-corrected chi connectivity index (χ0v) is 10.6. The van der Waals surface area contributed by atoms with Gasteiger partial charge in [-0.05, 0) is 35.9 Å². The van der Waals surface area contributed by atoms with Crippen LogP contribution in [0.25, 0.3) is 0 Å². The predicted octanol–water partition coefficient (Wildman–Crippen LogP) is 3.90. The molecular formula is C15H13F3N2. The third-order valence-corrected chi connectivity index (χ3v) is 3.37. The first-order chi connectivity index (χ1) is 9.55. The number of anilines is 2. The maximum Gasteiger partial charge on any atom is 0.416 e. The third-order valence-electron chi connectivity index (χ3n) is 3.37. The van der Waals surface area contributed by atoms with Crippen molar-refractivity contribution in [1.82, 2.24) is 5.32 Å². The smallest absolute Gasteiger partial charge is 0.328 e. The van der Waals surface area contributed by atoms with E-state index in [1.807, 2.05) is 29.2 Å². The quantitative estimate of drug-likeness (QED) is 0.851. The van der Waals surface area contributed by atoms with Crippen molar-refractivity contribution < 1.29 is 13.2 Å². The summed E-state index contributed by atoms with van der Waals surface area (Å²) in [5.41, 5.74) is 2.29. The minimum Gasteiger partial charge on any atom is -0.328 e. The van der Waals surface area contributed by atoms with E-state index in [2.05, 4.69) is 5.32 Å². The molecule has 2 aromatic carbocycles. The molecule has 1 aliphatic heterocycles. The van der Waals surface area contributed by atoms with Gasteiger partial charge in [0.2, 0.25) is 0 Å². The minimum atomic E-state index is -4.30. The summed E-state index contributed by atoms with van der Waals surface area (Å²) in [5, 5.41) is 3.24. The van der Waals surface area contributed by atoms with Gasteiger partial charge >= 0.3 is 6.18 Å². The SMILES string of the molecule is FC(F)(F)c1ccc(N2CNCc3ccccc32)cc1. The summed E-state index contributed by atoms with van der Waals surface area (Å²) in [4.78, 5) is 1.97. The Morgan fingerprint density at radius 1 is 0.950 bits per heavy atom. The maximum absolute atomic E-state index is 12.6. The number of fused-ring (bicyclic) bond motifs is 1. The highest BCUT2D eigenvalue weighted by molar-refractivity contribution is 5.67. The number of hydrogen-bond acceptors (Lipinski definition) is 2. The standard InChI is InChI=1S/C15H13F3N2/c16-15(17,18)12-5-7-13(8-6-12)20-10-19-9-11-3-1-2-4-14(11)20/h1-8,19H,9-10H2. The number of halogens is 3. The molecule has 0 atom stereocenters. The number of nitrogens with zero attached hydrogens (tertiary/aromatic N) is 1. The summed E-state index contributed by atoms with van der Waals surface area (Å²) < 4.78 is 37.7. The van der Waals surface area contributed by atoms with Crippen molar-refractivity contribution in [2.24, 2.45) is 0 Å². The molecule has 0 aliphatic carbocycles. The molecule has 0 bridgehead atoms. The van der Waals surface area contributed by atoms with Crippen LogP contribution in [0.3, 0.4) is 0 Å². The van der Waals surface area contributed by atoms with E-state index in [4.69, 9.17) is 0 Å². The lowest BCUT2D eigenvalue weighted by Gasteiger charge is -2.32. The zero-order chi connectivity index (χ0) is 14.2. The van der Waals surface area contributed by atoms with E-state index in [-0.39, 0.29) is 0 Å². The van der Waals surface area contributed by atoms with Crippen LogP contribution in [0.4, 0.5) is 24.5 Å². The van der Waals surface area contributed by atoms with Gasteiger partial charge in [0.15, 0.2) is 0 Å². The number of benzene rings is 2. The first kappa shape index (κ1) is 13.0. The van der Waals surface area contributed by atoms with E-state index >= 15 is 0 Å². The van der Waals surface area contributed by atoms with E-state index in [0.717, 1.165) is 35.6 Å². The predicted molar refractivity (Wildman–Crippen MR) is 71.7 cm³/mol. The number of nitrogens with one attached hydrogen (secondary N) is 1. The first-order valence-corrected chi connectivity index (χ1v) is 6.29. The van der Waals surface area contributed by atoms with Gasteiger partial charge < -0.3 is 4.90 Å². The van der Waals surface area contributed by atoms with Gasteiger partial charge in [0, 0.05) is 17.9 Å². The molecular weight excluding hydrogens is 265 g/mol. The molecule has 3 rings (SSSR count). The molecule has 0 spiro atoms. The molecule has 0 amide bonds. The fourth-order valence-corrected chi connectivity index (χ4v) is 2.37. The van der Waals surface area contributed by atoms with Crippen LogP contribution in [0.2, 0.25) is 0 Å². The molecule has 0 aromatic heterocycles. The van der Waals surface area contributed by atoms with Crippen molar-refractivity contribution in [3.8, 4) is 0 Å². The van der Waals surface area contributed by atoms with Crippen LogP contribution in [0.5, 0.6) is 0 Å². The molecule has 2 aromatic rings. The van der Waals surface area contributed by atoms with E-state index < -0.39 is 11.7 Å². The van der Waals surface area contributed by atoms with Crippen LogP contribution < -0.4 is 10.2 Å². The molecule has 5 heteroatoms. The molecule has 0 saturated heterocycles. The average Bonchev–Trinajstić information content (AvgIpc) is 2.46. The monoisotopic (exact) mass is 278 g/mol. The van der Waals surface area contributed by atoms with E-state index in [0.29, 0.717) is 6.67 Å². The Kier molecular flexibility index (Phi) is 3.14. The average molecular weight is 278 g/mol. The number of rotatable bonds is 1. The Hall–Kier alpha value is -2.01. The Morgan fingerprint density at radius 2 is 1.65 bits per heavy atom. The van der Waals surface area contributed by atoms with Gasteiger partial charge in [-0.3, -0.25) is 5.32 Å². The van der Waals surface area contributed by atoms with Gasteiger partial charge in [-0.25, -0.2) is 0 Å². The lowest BCUT2D eigenvalue weighted by molar-refractivity contribution is -0.137. The van der Waals surface area contributed by atoms with Crippen LogP contribution >= 0.6 is 0 Å². The Bertz CT molecular complexity index is 605. The normalized spacial score (nSPS) is 15.1. The van der Waals surface area contributed by atoms with Crippen molar-refractivity contribution >= 4 is 11.4 Å². The van der Waals surface area contributed by atoms with Crippen molar-refractivity contribution in [1.29, 1.82) is 0 Å². The fraction of sp³-hybridized carbons (Fsp3) is 0.200. The molecule has 0 radical (unpaired) electrons. The topological polar surface area (TPSA) is 15.3 Å².